The fourth-order valence-electron chi connectivity index (χ4n) is 6.36. The molecule has 232 valence electrons. The molecule has 2 aliphatic rings. The van der Waals surface area contributed by atoms with Crippen LogP contribution in [0.2, 0.25) is 0 Å². The maximum Gasteiger partial charge on any atom is 0.330 e. The van der Waals surface area contributed by atoms with Gasteiger partial charge < -0.3 is 9.47 Å². The van der Waals surface area contributed by atoms with Gasteiger partial charge in [-0.3, -0.25) is 23.6 Å². The summed E-state index contributed by atoms with van der Waals surface area (Å²) in [4.78, 5) is 47.2. The molecule has 0 saturated carbocycles. The molecule has 0 fully saturated rings. The molecule has 1 aromatic heterocycles. The third-order valence-corrected chi connectivity index (χ3v) is 8.78. The van der Waals surface area contributed by atoms with Crippen LogP contribution in [0.1, 0.15) is 76.9 Å². The molecule has 9 nitrogen and oxygen atoms in total. The van der Waals surface area contributed by atoms with Gasteiger partial charge in [-0.2, -0.15) is 0 Å². The van der Waals surface area contributed by atoms with Gasteiger partial charge in [0.1, 0.15) is 5.49 Å². The molecule has 0 saturated heterocycles. The number of carbonyl (C=O) groups excluding carboxylic acids is 2. The molecule has 2 aliphatic heterocycles. The van der Waals surface area contributed by atoms with E-state index in [-0.39, 0.29) is 42.4 Å². The molecule has 4 aromatic rings. The quantitative estimate of drug-likeness (QED) is 0.241. The summed E-state index contributed by atoms with van der Waals surface area (Å²) < 4.78 is 14.5. The van der Waals surface area contributed by atoms with Crippen molar-refractivity contribution in [3.05, 3.63) is 104 Å². The molecule has 0 bridgehead atoms. The van der Waals surface area contributed by atoms with E-state index in [1.54, 1.807) is 47.6 Å². The molecule has 0 N–H and O–H groups in total. The van der Waals surface area contributed by atoms with Gasteiger partial charge in [0.15, 0.2) is 11.5 Å². The standard InChI is InChI=1S/C36H38N4O5/c1-21(2)24-12-9-13-25(22(3)4)33(24)37-32-20-29-28-19-31(45-6)30(44-5)18-23(28)14-15-38(29)36(43)39(32)16-17-40-34(41)26-10-7-8-11-27(26)35(40)42/h7-13,18-22H,14-17H2,1-6H3/b37-32+. The number of hydrogen-bond donors (Lipinski definition) is 0. The van der Waals surface area contributed by atoms with E-state index in [1.807, 2.05) is 18.2 Å². The minimum absolute atomic E-state index is 0.0403. The highest BCUT2D eigenvalue weighted by Gasteiger charge is 2.35. The topological polar surface area (TPSA) is 95.1 Å². The van der Waals surface area contributed by atoms with Crippen LogP contribution in [0.25, 0.3) is 11.3 Å². The summed E-state index contributed by atoms with van der Waals surface area (Å²) in [5.41, 5.74) is 6.62. The lowest BCUT2D eigenvalue weighted by Gasteiger charge is -2.25. The van der Waals surface area contributed by atoms with Gasteiger partial charge in [-0.1, -0.05) is 58.0 Å². The smallest absolute Gasteiger partial charge is 0.330 e. The molecule has 45 heavy (non-hydrogen) atoms. The summed E-state index contributed by atoms with van der Waals surface area (Å²) in [5.74, 6) is 0.905. The minimum atomic E-state index is -0.352. The zero-order valence-electron chi connectivity index (χ0n) is 26.6. The zero-order valence-corrected chi connectivity index (χ0v) is 26.6. The number of ether oxygens (including phenoxy) is 2. The first-order valence-corrected chi connectivity index (χ1v) is 15.4. The maximum atomic E-state index is 14.4. The molecule has 0 atom stereocenters. The summed E-state index contributed by atoms with van der Waals surface area (Å²) in [5, 5.41) is 0. The van der Waals surface area contributed by atoms with Crippen molar-refractivity contribution in [1.82, 2.24) is 14.0 Å². The highest BCUT2D eigenvalue weighted by molar-refractivity contribution is 6.21. The van der Waals surface area contributed by atoms with Crippen LogP contribution in [-0.2, 0) is 19.5 Å². The van der Waals surface area contributed by atoms with Crippen molar-refractivity contribution in [3.63, 3.8) is 0 Å². The van der Waals surface area contributed by atoms with Crippen molar-refractivity contribution in [3.8, 4) is 22.8 Å². The fourth-order valence-corrected chi connectivity index (χ4v) is 6.36. The van der Waals surface area contributed by atoms with E-state index in [2.05, 4.69) is 45.9 Å². The van der Waals surface area contributed by atoms with Crippen LogP contribution in [0, 0.1) is 0 Å². The number of hydrogen-bond acceptors (Lipinski definition) is 6. The second-order valence-corrected chi connectivity index (χ2v) is 12.1. The summed E-state index contributed by atoms with van der Waals surface area (Å²) in [7, 11) is 3.20. The number of benzene rings is 3. The average molecular weight is 607 g/mol. The molecule has 0 radical (unpaired) electrons. The Morgan fingerprint density at radius 3 is 1.93 bits per heavy atom. The highest BCUT2D eigenvalue weighted by Crippen LogP contribution is 2.38. The number of para-hydroxylation sites is 1. The monoisotopic (exact) mass is 606 g/mol. The summed E-state index contributed by atoms with van der Waals surface area (Å²) in [6.07, 6.45) is 0.630. The van der Waals surface area contributed by atoms with Crippen LogP contribution in [0.3, 0.4) is 0 Å². The van der Waals surface area contributed by atoms with Gasteiger partial charge in [-0.05, 0) is 59.2 Å². The number of amides is 2. The predicted octanol–water partition coefficient (Wildman–Crippen LogP) is 5.67. The van der Waals surface area contributed by atoms with Crippen molar-refractivity contribution in [2.75, 3.05) is 20.8 Å². The molecule has 6 rings (SSSR count). The van der Waals surface area contributed by atoms with Gasteiger partial charge in [0.2, 0.25) is 0 Å². The van der Waals surface area contributed by atoms with E-state index in [1.165, 1.54) is 4.90 Å². The van der Waals surface area contributed by atoms with Crippen molar-refractivity contribution in [2.45, 2.75) is 59.0 Å². The van der Waals surface area contributed by atoms with Crippen LogP contribution in [-0.4, -0.2) is 46.6 Å². The van der Waals surface area contributed by atoms with Crippen LogP contribution in [0.4, 0.5) is 5.69 Å². The van der Waals surface area contributed by atoms with Crippen LogP contribution in [0.15, 0.2) is 70.5 Å². The third-order valence-electron chi connectivity index (χ3n) is 8.78. The van der Waals surface area contributed by atoms with Crippen molar-refractivity contribution in [1.29, 1.82) is 0 Å². The molecule has 0 unspecified atom stereocenters. The Labute approximate surface area is 262 Å². The lowest BCUT2D eigenvalue weighted by molar-refractivity contribution is 0.0647. The van der Waals surface area contributed by atoms with Crippen molar-refractivity contribution < 1.29 is 19.1 Å². The Kier molecular flexibility index (Phi) is 7.95. The Bertz CT molecular complexity index is 1910. The first-order chi connectivity index (χ1) is 21.6. The molecule has 9 heteroatoms. The summed E-state index contributed by atoms with van der Waals surface area (Å²) in [6, 6.07) is 18.8. The fraction of sp³-hybridized carbons (Fsp3) is 0.333. The van der Waals surface area contributed by atoms with E-state index in [0.717, 1.165) is 33.6 Å². The van der Waals surface area contributed by atoms with Gasteiger partial charge >= 0.3 is 5.69 Å². The molecule has 3 aromatic carbocycles. The molecule has 0 aliphatic carbocycles. The molecule has 2 amide bonds. The number of methoxy groups -OCH3 is 2. The summed E-state index contributed by atoms with van der Waals surface area (Å²) >= 11 is 0. The Morgan fingerprint density at radius 1 is 0.756 bits per heavy atom. The molecule has 0 spiro atoms. The molecular formula is C36H38N4O5. The maximum absolute atomic E-state index is 14.4. The number of aryl methyl sites for hydroxylation is 1. The van der Waals surface area contributed by atoms with Gasteiger partial charge in [0, 0.05) is 31.3 Å². The van der Waals surface area contributed by atoms with Gasteiger partial charge in [-0.15, -0.1) is 0 Å². The number of nitrogens with zero attached hydrogens (tertiary/aromatic N) is 4. The predicted molar refractivity (Wildman–Crippen MR) is 173 cm³/mol. The lowest BCUT2D eigenvalue weighted by atomic mass is 9.93. The number of imide groups is 1. The Hall–Kier alpha value is -4.92. The normalized spacial score (nSPS) is 14.2. The number of carbonyl (C=O) groups is 2. The second-order valence-electron chi connectivity index (χ2n) is 12.1. The van der Waals surface area contributed by atoms with Gasteiger partial charge in [0.25, 0.3) is 11.8 Å². The van der Waals surface area contributed by atoms with Gasteiger partial charge in [-0.25, -0.2) is 9.79 Å². The average Bonchev–Trinajstić information content (AvgIpc) is 3.28. The van der Waals surface area contributed by atoms with Crippen LogP contribution < -0.4 is 20.7 Å². The first kappa shape index (κ1) is 30.1. The van der Waals surface area contributed by atoms with E-state index in [0.29, 0.717) is 41.1 Å². The molecular weight excluding hydrogens is 568 g/mol. The Morgan fingerprint density at radius 2 is 1.36 bits per heavy atom. The van der Waals surface area contributed by atoms with E-state index >= 15 is 0 Å². The van der Waals surface area contributed by atoms with Crippen LogP contribution >= 0.6 is 0 Å². The van der Waals surface area contributed by atoms with E-state index < -0.39 is 0 Å². The number of rotatable bonds is 8. The Balaban J connectivity index is 1.55. The zero-order chi connectivity index (χ0) is 32.0. The van der Waals surface area contributed by atoms with E-state index in [4.69, 9.17) is 14.5 Å². The number of aromatic nitrogens is 2. The minimum Gasteiger partial charge on any atom is -0.493 e. The number of fused-ring (bicyclic) bond motifs is 4. The highest BCUT2D eigenvalue weighted by atomic mass is 16.5. The van der Waals surface area contributed by atoms with Crippen LogP contribution in [0.5, 0.6) is 11.5 Å². The van der Waals surface area contributed by atoms with Crippen molar-refractivity contribution >= 4 is 17.5 Å². The lowest BCUT2D eigenvalue weighted by Crippen LogP contribution is -2.45. The van der Waals surface area contributed by atoms with Crippen molar-refractivity contribution in [2.24, 2.45) is 4.99 Å². The first-order valence-electron chi connectivity index (χ1n) is 15.4. The third kappa shape index (κ3) is 5.16. The van der Waals surface area contributed by atoms with Gasteiger partial charge in [0.05, 0.1) is 36.7 Å². The second kappa shape index (κ2) is 11.9. The SMILES string of the molecule is COc1cc2c(cc1OC)-c1c/c(=N\c3c(C(C)C)cccc3C(C)C)n(CCN3C(=O)c4ccccc4C3=O)c(=O)n1CC2. The molecule has 3 heterocycles. The largest absolute Gasteiger partial charge is 0.493 e. The summed E-state index contributed by atoms with van der Waals surface area (Å²) in [6.45, 7) is 9.13. The van der Waals surface area contributed by atoms with E-state index in [9.17, 15) is 14.4 Å².